The lowest BCUT2D eigenvalue weighted by Crippen LogP contribution is -2.34. The molecule has 0 spiro atoms. The van der Waals surface area contributed by atoms with Crippen molar-refractivity contribution in [2.24, 2.45) is 5.92 Å². The molecule has 0 radical (unpaired) electrons. The highest BCUT2D eigenvalue weighted by Gasteiger charge is 2.30. The molecule has 31 heavy (non-hydrogen) atoms. The van der Waals surface area contributed by atoms with Crippen molar-refractivity contribution in [3.8, 4) is 29.0 Å². The maximum atomic E-state index is 13.0. The smallest absolute Gasteiger partial charge is 0.143 e. The molecule has 2 fully saturated rings. The number of pyridine rings is 1. The molecule has 8 heteroatoms. The van der Waals surface area contributed by atoms with E-state index in [1.54, 1.807) is 24.3 Å². The fourth-order valence-corrected chi connectivity index (χ4v) is 4.30. The average molecular weight is 441 g/mol. The largest absolute Gasteiger partial charge is 0.490 e. The van der Waals surface area contributed by atoms with Gasteiger partial charge in [-0.05, 0) is 17.7 Å². The number of nitrogens with two attached hydrogens (primary N) is 1. The van der Waals surface area contributed by atoms with Crippen molar-refractivity contribution in [2.75, 3.05) is 24.7 Å². The van der Waals surface area contributed by atoms with Crippen LogP contribution in [-0.2, 0) is 4.74 Å². The summed E-state index contributed by atoms with van der Waals surface area (Å²) in [6, 6.07) is 11.4. The van der Waals surface area contributed by atoms with Crippen molar-refractivity contribution in [1.29, 1.82) is 10.5 Å². The van der Waals surface area contributed by atoms with Crippen molar-refractivity contribution in [1.82, 2.24) is 4.98 Å². The standard InChI is InChI=1S/C21H19FN4O2S.C2H6/c22-14-5-16(6-14)28-15-3-1-13(2-4-15)19-17(7-23)20(25)26-21(18(19)8-24)29-11-12-9-27-10-12;1-2/h1-4,12,14,16H,5-6,9-11H2,(H2,25,26);1-2H3. The molecular formula is C23H25FN4O2S. The number of ether oxygens (including phenoxy) is 2. The molecule has 1 saturated carbocycles. The molecule has 1 saturated heterocycles. The van der Waals surface area contributed by atoms with Gasteiger partial charge in [0.15, 0.2) is 0 Å². The summed E-state index contributed by atoms with van der Waals surface area (Å²) in [6.07, 6.45) is -0.0631. The van der Waals surface area contributed by atoms with Gasteiger partial charge in [0.2, 0.25) is 0 Å². The van der Waals surface area contributed by atoms with Gasteiger partial charge in [-0.15, -0.1) is 11.8 Å². The zero-order chi connectivity index (χ0) is 22.4. The minimum Gasteiger partial charge on any atom is -0.490 e. The summed E-state index contributed by atoms with van der Waals surface area (Å²) in [5.74, 6) is 1.94. The van der Waals surface area contributed by atoms with E-state index in [0.29, 0.717) is 59.4 Å². The Morgan fingerprint density at radius 2 is 1.81 bits per heavy atom. The maximum Gasteiger partial charge on any atom is 0.143 e. The molecule has 2 N–H and O–H groups in total. The van der Waals surface area contributed by atoms with E-state index in [0.717, 1.165) is 5.75 Å². The fraction of sp³-hybridized carbons (Fsp3) is 0.435. The van der Waals surface area contributed by atoms with Crippen LogP contribution >= 0.6 is 11.8 Å². The van der Waals surface area contributed by atoms with Crippen LogP contribution in [0.4, 0.5) is 10.2 Å². The van der Waals surface area contributed by atoms with Gasteiger partial charge in [-0.25, -0.2) is 9.37 Å². The van der Waals surface area contributed by atoms with Crippen LogP contribution in [0, 0.1) is 28.6 Å². The second kappa shape index (κ2) is 10.5. The van der Waals surface area contributed by atoms with E-state index in [1.807, 2.05) is 13.8 Å². The Hall–Kier alpha value is -2.81. The van der Waals surface area contributed by atoms with E-state index in [9.17, 15) is 14.9 Å². The molecule has 6 nitrogen and oxygen atoms in total. The molecule has 0 amide bonds. The molecule has 2 aliphatic rings. The van der Waals surface area contributed by atoms with Gasteiger partial charge in [-0.2, -0.15) is 10.5 Å². The summed E-state index contributed by atoms with van der Waals surface area (Å²) in [5.41, 5.74) is 7.73. The third kappa shape index (κ3) is 5.10. The van der Waals surface area contributed by atoms with E-state index in [-0.39, 0.29) is 17.5 Å². The molecule has 0 bridgehead atoms. The van der Waals surface area contributed by atoms with Crippen LogP contribution in [0.2, 0.25) is 0 Å². The van der Waals surface area contributed by atoms with Crippen molar-refractivity contribution in [3.63, 3.8) is 0 Å². The van der Waals surface area contributed by atoms with Gasteiger partial charge in [0.25, 0.3) is 0 Å². The number of alkyl halides is 1. The van der Waals surface area contributed by atoms with Crippen LogP contribution in [0.5, 0.6) is 5.75 Å². The van der Waals surface area contributed by atoms with Gasteiger partial charge in [-0.3, -0.25) is 0 Å². The van der Waals surface area contributed by atoms with Crippen molar-refractivity contribution in [3.05, 3.63) is 35.4 Å². The van der Waals surface area contributed by atoms with Crippen molar-refractivity contribution in [2.45, 2.75) is 44.0 Å². The minimum atomic E-state index is -0.780. The second-order valence-corrected chi connectivity index (χ2v) is 8.21. The van der Waals surface area contributed by atoms with Gasteiger partial charge in [-0.1, -0.05) is 26.0 Å². The monoisotopic (exact) mass is 440 g/mol. The van der Waals surface area contributed by atoms with Crippen molar-refractivity contribution >= 4 is 17.6 Å². The number of hydrogen-bond donors (Lipinski definition) is 1. The summed E-state index contributed by atoms with van der Waals surface area (Å²) >= 11 is 1.46. The van der Waals surface area contributed by atoms with Crippen LogP contribution in [0.1, 0.15) is 37.8 Å². The molecule has 2 heterocycles. The first kappa shape index (κ1) is 22.9. The second-order valence-electron chi connectivity index (χ2n) is 7.20. The lowest BCUT2D eigenvalue weighted by Gasteiger charge is -2.30. The first-order valence-corrected chi connectivity index (χ1v) is 11.3. The fourth-order valence-electron chi connectivity index (χ4n) is 3.26. The molecule has 4 rings (SSSR count). The Morgan fingerprint density at radius 3 is 2.32 bits per heavy atom. The van der Waals surface area contributed by atoms with Crippen molar-refractivity contribution < 1.29 is 13.9 Å². The summed E-state index contributed by atoms with van der Waals surface area (Å²) in [4.78, 5) is 4.31. The number of aromatic nitrogens is 1. The number of nitrogens with zero attached hydrogens (tertiary/aromatic N) is 3. The Kier molecular flexibility index (Phi) is 7.73. The number of rotatable bonds is 6. The molecule has 1 aliphatic carbocycles. The van der Waals surface area contributed by atoms with Crippen LogP contribution < -0.4 is 10.5 Å². The Bertz CT molecular complexity index is 991. The summed E-state index contributed by atoms with van der Waals surface area (Å²) in [6.45, 7) is 5.41. The van der Waals surface area contributed by atoms with Gasteiger partial charge in [0.05, 0.1) is 18.8 Å². The molecule has 2 aromatic rings. The number of thioether (sulfide) groups is 1. The topological polar surface area (TPSA) is 105 Å². The van der Waals surface area contributed by atoms with E-state index >= 15 is 0 Å². The van der Waals surface area contributed by atoms with Crippen LogP contribution in [0.25, 0.3) is 11.1 Å². The Balaban J connectivity index is 0.00000132. The third-order valence-electron chi connectivity index (χ3n) is 5.06. The molecule has 0 atom stereocenters. The summed E-state index contributed by atoms with van der Waals surface area (Å²) < 4.78 is 23.9. The molecule has 1 aromatic heterocycles. The zero-order valence-electron chi connectivity index (χ0n) is 17.6. The first-order valence-electron chi connectivity index (χ1n) is 10.3. The quantitative estimate of drug-likeness (QED) is 0.648. The highest BCUT2D eigenvalue weighted by Crippen LogP contribution is 2.37. The van der Waals surface area contributed by atoms with Gasteiger partial charge < -0.3 is 15.2 Å². The van der Waals surface area contributed by atoms with Crippen LogP contribution in [-0.4, -0.2) is 36.2 Å². The number of hydrogen-bond acceptors (Lipinski definition) is 7. The predicted octanol–water partition coefficient (Wildman–Crippen LogP) is 4.72. The zero-order valence-corrected chi connectivity index (χ0v) is 18.4. The maximum absolute atomic E-state index is 13.0. The number of benzene rings is 1. The van der Waals surface area contributed by atoms with Crippen LogP contribution in [0.15, 0.2) is 29.3 Å². The number of halogens is 1. The van der Waals surface area contributed by atoms with Gasteiger partial charge in [0.1, 0.15) is 46.6 Å². The van der Waals surface area contributed by atoms with Gasteiger partial charge in [0, 0.05) is 30.1 Å². The lowest BCUT2D eigenvalue weighted by molar-refractivity contribution is -0.0196. The molecule has 0 unspecified atom stereocenters. The number of anilines is 1. The Morgan fingerprint density at radius 1 is 1.16 bits per heavy atom. The first-order chi connectivity index (χ1) is 15.1. The normalized spacial score (nSPS) is 19.6. The van der Waals surface area contributed by atoms with E-state index in [1.165, 1.54) is 11.8 Å². The van der Waals surface area contributed by atoms with E-state index in [4.69, 9.17) is 15.2 Å². The summed E-state index contributed by atoms with van der Waals surface area (Å²) in [7, 11) is 0. The third-order valence-corrected chi connectivity index (χ3v) is 6.27. The SMILES string of the molecule is CC.N#Cc1c(N)nc(SCC2COC2)c(C#N)c1-c1ccc(OC2CC(F)C2)cc1. The minimum absolute atomic E-state index is 0.102. The molecule has 1 aliphatic heterocycles. The average Bonchev–Trinajstić information content (AvgIpc) is 2.73. The number of nitrogen functional groups attached to an aromatic ring is 1. The highest BCUT2D eigenvalue weighted by molar-refractivity contribution is 7.99. The Labute approximate surface area is 186 Å². The summed E-state index contributed by atoms with van der Waals surface area (Å²) in [5, 5.41) is 19.9. The number of nitriles is 2. The van der Waals surface area contributed by atoms with E-state index in [2.05, 4.69) is 17.1 Å². The highest BCUT2D eigenvalue weighted by atomic mass is 32.2. The van der Waals surface area contributed by atoms with Gasteiger partial charge >= 0.3 is 0 Å². The molecular weight excluding hydrogens is 415 g/mol. The predicted molar refractivity (Wildman–Crippen MR) is 118 cm³/mol. The lowest BCUT2D eigenvalue weighted by atomic mass is 9.93. The molecule has 162 valence electrons. The van der Waals surface area contributed by atoms with E-state index < -0.39 is 6.17 Å². The molecule has 1 aromatic carbocycles. The van der Waals surface area contributed by atoms with Crippen LogP contribution in [0.3, 0.4) is 0 Å².